The van der Waals surface area contributed by atoms with Crippen LogP contribution in [0.1, 0.15) is 225 Å². The summed E-state index contributed by atoms with van der Waals surface area (Å²) in [5.41, 5.74) is 0.236. The summed E-state index contributed by atoms with van der Waals surface area (Å²) in [6.45, 7) is 24.6. The monoisotopic (exact) mass is 1540 g/mol. The van der Waals surface area contributed by atoms with Crippen LogP contribution in [-0.4, -0.2) is 98.7 Å². The Labute approximate surface area is 645 Å². The number of aliphatic carboxylic acids is 1. The van der Waals surface area contributed by atoms with Gasteiger partial charge in [0, 0.05) is 84.5 Å². The number of carbonyl (C=O) groups excluding carboxylic acids is 3. The number of hydrogen-bond donors (Lipinski definition) is 2. The number of ether oxygens (including phenoxy) is 1. The molecule has 27 heteroatoms. The number of benzene rings is 4. The molecule has 4 fully saturated rings. The summed E-state index contributed by atoms with van der Waals surface area (Å²) in [4.78, 5) is 85.0. The second kappa shape index (κ2) is 38.9. The zero-order valence-corrected chi connectivity index (χ0v) is 65.0. The van der Waals surface area contributed by atoms with E-state index in [0.717, 1.165) is 111 Å². The van der Waals surface area contributed by atoms with Gasteiger partial charge < -0.3 is 39.3 Å². The van der Waals surface area contributed by atoms with Crippen LogP contribution in [0.15, 0.2) is 70.5 Å². The number of Topliss-reactive ketones (excluding diaryl/α,β-unsaturated/α-hetero) is 2. The SMILES string of the molecule is CCOC(=O)C[C@H](CC(=O)C(CC(C)C)n1cc(CCN2CCC2)c(C)cc1=O)c1c(F)c(-c2c(C)ccc(C3CC3)c2C)cc(C(F)(F)F)c1F.Cc1cc(=O)n(C(CC(C)C)C(=O)C[C@@H](CC(=O)O)c2c(F)c(-c3c(C)ccc(C4CC4)c3C)cc(C(F)(F)F)c2F)cc1CCN1CCC1.S.S.[Li+].[O-]O. The first-order valence-electron chi connectivity index (χ1n) is 35.9. The van der Waals surface area contributed by atoms with Gasteiger partial charge in [-0.25, -0.2) is 17.6 Å². The van der Waals surface area contributed by atoms with Gasteiger partial charge in [-0.15, -0.1) is 0 Å². The molecule has 14 nitrogen and oxygen atoms in total. The average Bonchev–Trinajstić information content (AvgIpc) is 1.72. The van der Waals surface area contributed by atoms with Gasteiger partial charge in [0.05, 0.1) is 42.7 Å². The third kappa shape index (κ3) is 22.2. The number of likely N-dealkylation sites (tertiary alicyclic amines) is 2. The molecule has 0 radical (unpaired) electrons. The van der Waals surface area contributed by atoms with Gasteiger partial charge in [0.25, 0.3) is 11.1 Å². The number of nitrogens with zero attached hydrogens (tertiary/aromatic N) is 4. The standard InChI is InChI=1S/C41H49F5N2O4.C39H45F5N2O4.Li.H2O2.2H2S/c1-7-52-36(51)20-29(19-34(49)33(17-23(2)3)48-22-28(25(5)18-35(48)50)13-16-47-14-8-15-47)38-39(42)31(21-32(40(38)43)41(44,45)46)37-24(4)9-12-30(26(37)6)27-10-11-27;1-21(2)15-31(46-20-26(23(4)16-33(46)48)11-14-45-12-6-13-45)32(47)17-27(18-34(49)50)36-37(40)29(19-30(38(36)41)39(42,43)44)35-22(3)7-10-28(24(35)5)25-8-9-25;;1-2;;/h9,12,18,21-23,27,29,33H,7-8,10-11,13-17,19-20H2,1-6H3;7,10,16,19-21,25,27,31H,6,8-9,11-15,17-18H2,1-5H3,(H,49,50);;1-2H;2*1H2/q;;+1;;;/p-1/t29-,33?;27-,31?;;;;/m00..../s1. The largest absolute Gasteiger partial charge is 1.00 e. The van der Waals surface area contributed by atoms with Crippen molar-refractivity contribution >= 4 is 50.5 Å². The maximum atomic E-state index is 17.0. The summed E-state index contributed by atoms with van der Waals surface area (Å²) in [6.07, 6.45) is -2.99. The molecule has 10 rings (SSSR count). The van der Waals surface area contributed by atoms with Crippen molar-refractivity contribution in [1.82, 2.24) is 18.9 Å². The van der Waals surface area contributed by atoms with E-state index in [0.29, 0.717) is 47.2 Å². The number of esters is 1. The van der Waals surface area contributed by atoms with E-state index < -0.39 is 153 Å². The van der Waals surface area contributed by atoms with Crippen LogP contribution in [0.5, 0.6) is 0 Å². The number of carboxylic acids is 1. The number of halogens is 10. The second-order valence-corrected chi connectivity index (χ2v) is 29.5. The fourth-order valence-corrected chi connectivity index (χ4v) is 14.8. The minimum absolute atomic E-state index is 0. The third-order valence-corrected chi connectivity index (χ3v) is 20.8. The number of hydrogen-bond acceptors (Lipinski definition) is 11. The molecule has 0 spiro atoms. The maximum absolute atomic E-state index is 17.0. The van der Waals surface area contributed by atoms with Crippen LogP contribution in [0.2, 0.25) is 0 Å². The summed E-state index contributed by atoms with van der Waals surface area (Å²) in [5, 5.41) is 22.9. The number of carboxylic acid groups (broad SMARTS) is 1. The van der Waals surface area contributed by atoms with Gasteiger partial charge in [0.2, 0.25) is 0 Å². The molecule has 2 aliphatic carbocycles. The van der Waals surface area contributed by atoms with E-state index in [9.17, 15) is 60.2 Å². The average molecular weight is 1540 g/mol. The molecule has 4 atom stereocenters. The van der Waals surface area contributed by atoms with Crippen LogP contribution in [0, 0.1) is 76.6 Å². The van der Waals surface area contributed by atoms with Gasteiger partial charge >= 0.3 is 43.2 Å². The molecule has 2 aliphatic heterocycles. The number of carbonyl (C=O) groups is 4. The van der Waals surface area contributed by atoms with E-state index in [1.165, 1.54) is 28.2 Å². The Hall–Kier alpha value is -6.50. The quantitative estimate of drug-likeness (QED) is 0.0149. The number of rotatable bonds is 29. The molecule has 107 heavy (non-hydrogen) atoms. The Balaban J connectivity index is 0.000000365. The van der Waals surface area contributed by atoms with E-state index >= 15 is 17.6 Å². The summed E-state index contributed by atoms with van der Waals surface area (Å²) in [6, 6.07) is 8.79. The fourth-order valence-electron chi connectivity index (χ4n) is 14.8. The normalized spacial score (nSPS) is 15.6. The number of alkyl halides is 6. The number of aryl methyl sites for hydroxylation is 4. The first-order valence-corrected chi connectivity index (χ1v) is 35.9. The molecule has 0 amide bonds. The first-order chi connectivity index (χ1) is 49.0. The van der Waals surface area contributed by atoms with Crippen LogP contribution in [0.3, 0.4) is 0 Å². The molecule has 2 saturated carbocycles. The van der Waals surface area contributed by atoms with Crippen molar-refractivity contribution in [3.63, 3.8) is 0 Å². The second-order valence-electron chi connectivity index (χ2n) is 29.5. The zero-order chi connectivity index (χ0) is 76.7. The van der Waals surface area contributed by atoms with Crippen molar-refractivity contribution in [3.05, 3.63) is 183 Å². The predicted octanol–water partition coefficient (Wildman–Crippen LogP) is 13.9. The Kier molecular flexibility index (Phi) is 33.1. The molecule has 2 unspecified atom stereocenters. The minimum Gasteiger partial charge on any atom is -0.727 e. The van der Waals surface area contributed by atoms with E-state index in [1.807, 2.05) is 46.8 Å². The first kappa shape index (κ1) is 91.1. The fraction of sp³-hybridized carbons (Fsp3) is 0.525. The van der Waals surface area contributed by atoms with Crippen LogP contribution in [0.4, 0.5) is 43.9 Å². The van der Waals surface area contributed by atoms with Crippen LogP contribution >= 0.6 is 27.0 Å². The number of pyridine rings is 2. The summed E-state index contributed by atoms with van der Waals surface area (Å²) in [7, 11) is 0. The Morgan fingerprint density at radius 1 is 0.542 bits per heavy atom. The van der Waals surface area contributed by atoms with Gasteiger partial charge in [-0.2, -0.15) is 53.3 Å². The van der Waals surface area contributed by atoms with E-state index in [2.05, 4.69) is 9.80 Å². The molecule has 4 heterocycles. The summed E-state index contributed by atoms with van der Waals surface area (Å²) < 4.78 is 161. The molecule has 2 aromatic heterocycles. The molecular formula is C80H99F10LiN4O10S2. The van der Waals surface area contributed by atoms with E-state index in [4.69, 9.17) is 15.3 Å². The molecule has 4 aliphatic rings. The summed E-state index contributed by atoms with van der Waals surface area (Å²) in [5.74, 6) is -13.4. The van der Waals surface area contributed by atoms with Gasteiger partial charge in [-0.05, 0) is 241 Å². The van der Waals surface area contributed by atoms with Gasteiger partial charge in [0.1, 0.15) is 23.3 Å². The van der Waals surface area contributed by atoms with Crippen molar-refractivity contribution in [3.8, 4) is 22.3 Å². The molecule has 582 valence electrons. The van der Waals surface area contributed by atoms with Gasteiger partial charge in [-0.1, -0.05) is 52.0 Å². The van der Waals surface area contributed by atoms with Crippen molar-refractivity contribution in [1.29, 1.82) is 0 Å². The predicted molar refractivity (Wildman–Crippen MR) is 395 cm³/mol. The third-order valence-electron chi connectivity index (χ3n) is 20.8. The molecular weight excluding hydrogens is 1440 g/mol. The smallest absolute Gasteiger partial charge is 0.727 e. The number of ketones is 2. The number of aromatic nitrogens is 2. The topological polar surface area (TPSA) is 192 Å². The van der Waals surface area contributed by atoms with Crippen LogP contribution in [0.25, 0.3) is 22.3 Å². The van der Waals surface area contributed by atoms with Crippen molar-refractivity contribution in [2.24, 2.45) is 11.8 Å². The van der Waals surface area contributed by atoms with E-state index in [-0.39, 0.29) is 100 Å². The molecule has 4 aromatic carbocycles. The van der Waals surface area contributed by atoms with Gasteiger partial charge in [-0.3, -0.25) is 28.8 Å². The Morgan fingerprint density at radius 2 is 0.897 bits per heavy atom. The molecule has 0 bridgehead atoms. The van der Waals surface area contributed by atoms with Crippen molar-refractivity contribution in [2.75, 3.05) is 45.9 Å². The van der Waals surface area contributed by atoms with Crippen LogP contribution in [-0.2, 0) is 49.1 Å². The van der Waals surface area contributed by atoms with Crippen LogP contribution < -0.4 is 35.2 Å². The Bertz CT molecular complexity index is 4280. The minimum atomic E-state index is -5.24. The zero-order valence-electron chi connectivity index (χ0n) is 63.0. The molecule has 2 saturated heterocycles. The van der Waals surface area contributed by atoms with Crippen molar-refractivity contribution < 1.29 is 102 Å². The molecule has 2 N–H and O–H groups in total. The summed E-state index contributed by atoms with van der Waals surface area (Å²) >= 11 is 0. The molecule has 6 aromatic rings. The Morgan fingerprint density at radius 3 is 1.20 bits per heavy atom. The van der Waals surface area contributed by atoms with E-state index in [1.54, 1.807) is 59.1 Å². The van der Waals surface area contributed by atoms with Gasteiger partial charge in [0.15, 0.2) is 11.6 Å². The van der Waals surface area contributed by atoms with Crippen molar-refractivity contribution in [2.45, 2.75) is 214 Å². The maximum Gasteiger partial charge on any atom is 1.00 e.